The fraction of sp³-hybridized carbons (Fsp3) is 0.481. The van der Waals surface area contributed by atoms with Crippen LogP contribution in [0.1, 0.15) is 51.7 Å². The summed E-state index contributed by atoms with van der Waals surface area (Å²) in [7, 11) is 0. The number of likely N-dealkylation sites (tertiary alicyclic amines) is 1. The van der Waals surface area contributed by atoms with Crippen LogP contribution in [0.5, 0.6) is 5.75 Å². The first kappa shape index (κ1) is 24.6. The molecule has 1 unspecified atom stereocenters. The molecule has 0 saturated carbocycles. The van der Waals surface area contributed by atoms with E-state index >= 15 is 0 Å². The van der Waals surface area contributed by atoms with Crippen LogP contribution in [0.25, 0.3) is 0 Å². The van der Waals surface area contributed by atoms with Gasteiger partial charge in [-0.15, -0.1) is 0 Å². The van der Waals surface area contributed by atoms with E-state index in [1.807, 2.05) is 80.3 Å². The van der Waals surface area contributed by atoms with Crippen LogP contribution in [-0.2, 0) is 22.6 Å². The number of alkyl carbamates (subject to hydrolysis) is 1. The minimum Gasteiger partial charge on any atom is -0.489 e. The first-order valence-corrected chi connectivity index (χ1v) is 11.7. The van der Waals surface area contributed by atoms with Crippen molar-refractivity contribution in [1.82, 2.24) is 10.2 Å². The predicted octanol–water partition coefficient (Wildman–Crippen LogP) is 4.96. The van der Waals surface area contributed by atoms with Crippen molar-refractivity contribution >= 4 is 12.0 Å². The van der Waals surface area contributed by atoms with Gasteiger partial charge in [0.1, 0.15) is 24.0 Å². The van der Waals surface area contributed by atoms with Crippen molar-refractivity contribution < 1.29 is 19.1 Å². The van der Waals surface area contributed by atoms with Gasteiger partial charge in [0.05, 0.1) is 0 Å². The van der Waals surface area contributed by atoms with E-state index in [1.165, 1.54) is 0 Å². The monoisotopic (exact) mass is 452 g/mol. The van der Waals surface area contributed by atoms with Crippen LogP contribution in [0.3, 0.4) is 0 Å². The molecule has 0 aliphatic carbocycles. The second-order valence-electron chi connectivity index (χ2n) is 9.83. The minimum absolute atomic E-state index is 0.0582. The maximum Gasteiger partial charge on any atom is 0.408 e. The Kier molecular flexibility index (Phi) is 8.37. The highest BCUT2D eigenvalue weighted by Crippen LogP contribution is 2.19. The summed E-state index contributed by atoms with van der Waals surface area (Å²) in [6.07, 6.45) is 1.79. The van der Waals surface area contributed by atoms with Crippen molar-refractivity contribution in [1.29, 1.82) is 0 Å². The molecular formula is C27H36N2O4. The van der Waals surface area contributed by atoms with Crippen molar-refractivity contribution in [3.63, 3.8) is 0 Å². The number of rotatable bonds is 7. The van der Waals surface area contributed by atoms with Gasteiger partial charge in [-0.25, -0.2) is 4.79 Å². The highest BCUT2D eigenvalue weighted by molar-refractivity contribution is 5.86. The minimum atomic E-state index is -0.677. The number of piperidine rings is 1. The molecule has 0 bridgehead atoms. The Bertz CT molecular complexity index is 898. The third-order valence-corrected chi connectivity index (χ3v) is 5.70. The van der Waals surface area contributed by atoms with Gasteiger partial charge in [0.15, 0.2) is 0 Å². The van der Waals surface area contributed by atoms with Crippen LogP contribution >= 0.6 is 0 Å². The van der Waals surface area contributed by atoms with Crippen molar-refractivity contribution in [2.45, 2.75) is 65.2 Å². The van der Waals surface area contributed by atoms with E-state index in [-0.39, 0.29) is 5.91 Å². The van der Waals surface area contributed by atoms with Crippen molar-refractivity contribution in [3.05, 3.63) is 65.7 Å². The summed E-state index contributed by atoms with van der Waals surface area (Å²) in [5.41, 5.74) is 1.42. The number of nitrogens with one attached hydrogen (secondary N) is 1. The second kappa shape index (κ2) is 11.2. The Morgan fingerprint density at radius 1 is 1.00 bits per heavy atom. The van der Waals surface area contributed by atoms with E-state index in [1.54, 1.807) is 0 Å². The molecule has 6 heteroatoms. The van der Waals surface area contributed by atoms with Gasteiger partial charge in [-0.2, -0.15) is 0 Å². The zero-order valence-corrected chi connectivity index (χ0v) is 20.2. The van der Waals surface area contributed by atoms with Gasteiger partial charge in [-0.3, -0.25) is 4.79 Å². The standard InChI is InChI=1S/C27H36N2O4/c1-20-14-16-29(17-15-20)25(30)24(28-26(31)33-27(2,3)4)18-21-10-12-23(13-11-21)32-19-22-8-6-5-7-9-22/h5-13,20,24H,14-19H2,1-4H3,(H,28,31). The van der Waals surface area contributed by atoms with Crippen LogP contribution in [0, 0.1) is 5.92 Å². The third-order valence-electron chi connectivity index (χ3n) is 5.70. The molecule has 1 aliphatic rings. The average molecular weight is 453 g/mol. The van der Waals surface area contributed by atoms with E-state index in [0.29, 0.717) is 18.9 Å². The van der Waals surface area contributed by atoms with Gasteiger partial charge in [-0.05, 0) is 62.8 Å². The number of nitrogens with zero attached hydrogens (tertiary/aromatic N) is 1. The summed E-state index contributed by atoms with van der Waals surface area (Å²) in [6.45, 7) is 9.57. The smallest absolute Gasteiger partial charge is 0.408 e. The molecule has 1 atom stereocenters. The molecule has 0 spiro atoms. The number of benzene rings is 2. The van der Waals surface area contributed by atoms with Crippen molar-refractivity contribution in [2.24, 2.45) is 5.92 Å². The summed E-state index contributed by atoms with van der Waals surface area (Å²) in [5, 5.41) is 2.81. The molecular weight excluding hydrogens is 416 g/mol. The number of hydrogen-bond acceptors (Lipinski definition) is 4. The molecule has 2 aromatic rings. The van der Waals surface area contributed by atoms with Crippen molar-refractivity contribution in [3.8, 4) is 5.75 Å². The average Bonchev–Trinajstić information content (AvgIpc) is 2.77. The molecule has 1 fully saturated rings. The van der Waals surface area contributed by atoms with Crippen LogP contribution in [-0.4, -0.2) is 41.6 Å². The fourth-order valence-corrected chi connectivity index (χ4v) is 3.80. The molecule has 33 heavy (non-hydrogen) atoms. The zero-order chi connectivity index (χ0) is 23.8. The molecule has 3 rings (SSSR count). The fourth-order valence-electron chi connectivity index (χ4n) is 3.80. The van der Waals surface area contributed by atoms with Gasteiger partial charge in [-0.1, -0.05) is 49.4 Å². The lowest BCUT2D eigenvalue weighted by molar-refractivity contribution is -0.134. The van der Waals surface area contributed by atoms with E-state index < -0.39 is 17.7 Å². The van der Waals surface area contributed by atoms with Crippen LogP contribution in [0.4, 0.5) is 4.79 Å². The summed E-state index contributed by atoms with van der Waals surface area (Å²) in [4.78, 5) is 27.6. The maximum atomic E-state index is 13.3. The third kappa shape index (κ3) is 8.12. The van der Waals surface area contributed by atoms with Gasteiger partial charge >= 0.3 is 6.09 Å². The van der Waals surface area contributed by atoms with E-state index in [2.05, 4.69) is 12.2 Å². The molecule has 2 amide bonds. The SMILES string of the molecule is CC1CCN(C(=O)C(Cc2ccc(OCc3ccccc3)cc2)NC(=O)OC(C)(C)C)CC1. The Hall–Kier alpha value is -3.02. The first-order chi connectivity index (χ1) is 15.7. The van der Waals surface area contributed by atoms with Gasteiger partial charge in [0.25, 0.3) is 0 Å². The molecule has 1 saturated heterocycles. The lowest BCUT2D eigenvalue weighted by Crippen LogP contribution is -2.52. The van der Waals surface area contributed by atoms with E-state index in [4.69, 9.17) is 9.47 Å². The van der Waals surface area contributed by atoms with Crippen molar-refractivity contribution in [2.75, 3.05) is 13.1 Å². The highest BCUT2D eigenvalue weighted by atomic mass is 16.6. The van der Waals surface area contributed by atoms with Gasteiger partial charge in [0, 0.05) is 19.5 Å². The molecule has 1 N–H and O–H groups in total. The Labute approximate surface area is 197 Å². The van der Waals surface area contributed by atoms with Crippen LogP contribution in [0.15, 0.2) is 54.6 Å². The normalized spacial score (nSPS) is 15.6. The first-order valence-electron chi connectivity index (χ1n) is 11.7. The van der Waals surface area contributed by atoms with Gasteiger partial charge < -0.3 is 19.7 Å². The molecule has 0 aromatic heterocycles. The van der Waals surface area contributed by atoms with Crippen LogP contribution < -0.4 is 10.1 Å². The number of carbonyl (C=O) groups excluding carboxylic acids is 2. The van der Waals surface area contributed by atoms with Crippen LogP contribution in [0.2, 0.25) is 0 Å². The van der Waals surface area contributed by atoms with E-state index in [0.717, 1.165) is 42.8 Å². The lowest BCUT2D eigenvalue weighted by atomic mass is 9.97. The summed E-state index contributed by atoms with van der Waals surface area (Å²) in [6, 6.07) is 17.0. The maximum absolute atomic E-state index is 13.3. The molecule has 0 radical (unpaired) electrons. The highest BCUT2D eigenvalue weighted by Gasteiger charge is 2.30. The summed E-state index contributed by atoms with van der Waals surface area (Å²) in [5.74, 6) is 1.32. The topological polar surface area (TPSA) is 67.9 Å². The number of ether oxygens (including phenoxy) is 2. The molecule has 6 nitrogen and oxygen atoms in total. The number of amides is 2. The Morgan fingerprint density at radius 2 is 1.64 bits per heavy atom. The Morgan fingerprint density at radius 3 is 2.24 bits per heavy atom. The summed E-state index contributed by atoms with van der Waals surface area (Å²) >= 11 is 0. The molecule has 178 valence electrons. The summed E-state index contributed by atoms with van der Waals surface area (Å²) < 4.78 is 11.3. The number of hydrogen-bond donors (Lipinski definition) is 1. The number of carbonyl (C=O) groups is 2. The quantitative estimate of drug-likeness (QED) is 0.645. The molecule has 1 aliphatic heterocycles. The molecule has 2 aromatic carbocycles. The second-order valence-corrected chi connectivity index (χ2v) is 9.83. The van der Waals surface area contributed by atoms with Gasteiger partial charge in [0.2, 0.25) is 5.91 Å². The largest absolute Gasteiger partial charge is 0.489 e. The lowest BCUT2D eigenvalue weighted by Gasteiger charge is -2.33. The Balaban J connectivity index is 1.65. The predicted molar refractivity (Wildman–Crippen MR) is 129 cm³/mol. The zero-order valence-electron chi connectivity index (χ0n) is 20.2. The molecule has 1 heterocycles. The van der Waals surface area contributed by atoms with E-state index in [9.17, 15) is 9.59 Å².